The largest absolute Gasteiger partial charge is 0.497 e. The van der Waals surface area contributed by atoms with Crippen molar-refractivity contribution < 1.29 is 19.0 Å². The third-order valence-corrected chi connectivity index (χ3v) is 5.13. The number of hydrogen-bond acceptors (Lipinski definition) is 4. The molecular formula is C24H28N2O4. The molecule has 0 fully saturated rings. The SMILES string of the molecule is COc1cccc(C(=O)N(CCc2ccc(OC)c(OC)c2)Cc2cccn2C)c1. The van der Waals surface area contributed by atoms with Crippen LogP contribution in [0.5, 0.6) is 17.2 Å². The third-order valence-electron chi connectivity index (χ3n) is 5.13. The van der Waals surface area contributed by atoms with Crippen molar-refractivity contribution in [3.05, 3.63) is 77.6 Å². The van der Waals surface area contributed by atoms with E-state index in [0.29, 0.717) is 42.3 Å². The zero-order chi connectivity index (χ0) is 21.5. The van der Waals surface area contributed by atoms with Gasteiger partial charge in [0.1, 0.15) is 5.75 Å². The van der Waals surface area contributed by atoms with Gasteiger partial charge in [-0.05, 0) is 54.4 Å². The molecule has 6 nitrogen and oxygen atoms in total. The molecule has 0 spiro atoms. The molecule has 0 aliphatic carbocycles. The maximum Gasteiger partial charge on any atom is 0.254 e. The summed E-state index contributed by atoms with van der Waals surface area (Å²) in [5.41, 5.74) is 2.75. The third kappa shape index (κ3) is 4.95. The Morgan fingerprint density at radius 2 is 1.73 bits per heavy atom. The molecule has 3 rings (SSSR count). The summed E-state index contributed by atoms with van der Waals surface area (Å²) >= 11 is 0. The molecule has 0 radical (unpaired) electrons. The van der Waals surface area contributed by atoms with Gasteiger partial charge in [0, 0.05) is 31.0 Å². The first-order valence-electron chi connectivity index (χ1n) is 9.80. The lowest BCUT2D eigenvalue weighted by Gasteiger charge is -2.24. The van der Waals surface area contributed by atoms with E-state index in [1.165, 1.54) is 0 Å². The molecule has 0 aliphatic heterocycles. The summed E-state index contributed by atoms with van der Waals surface area (Å²) in [6.45, 7) is 1.09. The summed E-state index contributed by atoms with van der Waals surface area (Å²) in [4.78, 5) is 15.2. The van der Waals surface area contributed by atoms with Gasteiger partial charge in [-0.15, -0.1) is 0 Å². The molecule has 0 bridgehead atoms. The molecule has 158 valence electrons. The van der Waals surface area contributed by atoms with Crippen molar-refractivity contribution in [3.8, 4) is 17.2 Å². The molecule has 0 unspecified atom stereocenters. The summed E-state index contributed by atoms with van der Waals surface area (Å²) in [6.07, 6.45) is 2.68. The van der Waals surface area contributed by atoms with Gasteiger partial charge in [-0.2, -0.15) is 0 Å². The second-order valence-corrected chi connectivity index (χ2v) is 7.01. The number of amides is 1. The highest BCUT2D eigenvalue weighted by Crippen LogP contribution is 2.28. The fourth-order valence-electron chi connectivity index (χ4n) is 3.35. The maximum absolute atomic E-state index is 13.3. The molecule has 2 aromatic carbocycles. The van der Waals surface area contributed by atoms with Crippen LogP contribution in [-0.2, 0) is 20.0 Å². The zero-order valence-corrected chi connectivity index (χ0v) is 17.9. The van der Waals surface area contributed by atoms with Crippen LogP contribution in [-0.4, -0.2) is 43.2 Å². The number of nitrogens with zero attached hydrogens (tertiary/aromatic N) is 2. The number of hydrogen-bond donors (Lipinski definition) is 0. The highest BCUT2D eigenvalue weighted by molar-refractivity contribution is 5.94. The Morgan fingerprint density at radius 3 is 2.40 bits per heavy atom. The molecular weight excluding hydrogens is 380 g/mol. The van der Waals surface area contributed by atoms with E-state index in [0.717, 1.165) is 11.3 Å². The fraction of sp³-hybridized carbons (Fsp3) is 0.292. The molecule has 0 N–H and O–H groups in total. The van der Waals surface area contributed by atoms with Crippen LogP contribution >= 0.6 is 0 Å². The zero-order valence-electron chi connectivity index (χ0n) is 17.9. The molecule has 0 aliphatic rings. The topological polar surface area (TPSA) is 52.9 Å². The van der Waals surface area contributed by atoms with Crippen LogP contribution in [0.3, 0.4) is 0 Å². The lowest BCUT2D eigenvalue weighted by Crippen LogP contribution is -2.33. The summed E-state index contributed by atoms with van der Waals surface area (Å²) in [5.74, 6) is 2.01. The quantitative estimate of drug-likeness (QED) is 0.538. The molecule has 3 aromatic rings. The normalized spacial score (nSPS) is 10.5. The first-order chi connectivity index (χ1) is 14.5. The van der Waals surface area contributed by atoms with Crippen molar-refractivity contribution in [2.75, 3.05) is 27.9 Å². The van der Waals surface area contributed by atoms with Crippen molar-refractivity contribution in [2.45, 2.75) is 13.0 Å². The predicted octanol–water partition coefficient (Wildman–Crippen LogP) is 3.94. The van der Waals surface area contributed by atoms with Gasteiger partial charge in [0.05, 0.1) is 27.9 Å². The van der Waals surface area contributed by atoms with Crippen LogP contribution in [0.1, 0.15) is 21.6 Å². The first kappa shape index (κ1) is 21.3. The van der Waals surface area contributed by atoms with Crippen LogP contribution in [0.15, 0.2) is 60.8 Å². The summed E-state index contributed by atoms with van der Waals surface area (Å²) < 4.78 is 18.0. The number of methoxy groups -OCH3 is 3. The lowest BCUT2D eigenvalue weighted by molar-refractivity contribution is 0.0741. The van der Waals surface area contributed by atoms with Gasteiger partial charge in [-0.25, -0.2) is 0 Å². The predicted molar refractivity (Wildman–Crippen MR) is 116 cm³/mol. The average molecular weight is 408 g/mol. The molecule has 1 aromatic heterocycles. The number of carbonyl (C=O) groups is 1. The van der Waals surface area contributed by atoms with E-state index in [2.05, 4.69) is 0 Å². The molecule has 0 saturated carbocycles. The smallest absolute Gasteiger partial charge is 0.254 e. The van der Waals surface area contributed by atoms with Gasteiger partial charge in [0.15, 0.2) is 11.5 Å². The Hall–Kier alpha value is -3.41. The van der Waals surface area contributed by atoms with Gasteiger partial charge < -0.3 is 23.7 Å². The van der Waals surface area contributed by atoms with Gasteiger partial charge in [-0.1, -0.05) is 12.1 Å². The van der Waals surface area contributed by atoms with Crippen LogP contribution in [0.25, 0.3) is 0 Å². The van der Waals surface area contributed by atoms with E-state index in [4.69, 9.17) is 14.2 Å². The number of carbonyl (C=O) groups excluding carboxylic acids is 1. The average Bonchev–Trinajstić information content (AvgIpc) is 3.20. The fourth-order valence-corrected chi connectivity index (χ4v) is 3.35. The molecule has 1 heterocycles. The number of rotatable bonds is 9. The van der Waals surface area contributed by atoms with Gasteiger partial charge >= 0.3 is 0 Å². The van der Waals surface area contributed by atoms with Crippen molar-refractivity contribution in [1.82, 2.24) is 9.47 Å². The molecule has 0 atom stereocenters. The highest BCUT2D eigenvalue weighted by atomic mass is 16.5. The van der Waals surface area contributed by atoms with Crippen LogP contribution in [0, 0.1) is 0 Å². The highest BCUT2D eigenvalue weighted by Gasteiger charge is 2.18. The second kappa shape index (κ2) is 9.87. The van der Waals surface area contributed by atoms with Crippen molar-refractivity contribution in [3.63, 3.8) is 0 Å². The van der Waals surface area contributed by atoms with Crippen molar-refractivity contribution >= 4 is 5.91 Å². The number of ether oxygens (including phenoxy) is 3. The second-order valence-electron chi connectivity index (χ2n) is 7.01. The number of aryl methyl sites for hydroxylation is 1. The first-order valence-corrected chi connectivity index (χ1v) is 9.80. The van der Waals surface area contributed by atoms with Crippen molar-refractivity contribution in [2.24, 2.45) is 7.05 Å². The van der Waals surface area contributed by atoms with Crippen LogP contribution in [0.4, 0.5) is 0 Å². The Bertz CT molecular complexity index is 996. The van der Waals surface area contributed by atoms with E-state index in [9.17, 15) is 4.79 Å². The Balaban J connectivity index is 1.82. The van der Waals surface area contributed by atoms with Gasteiger partial charge in [0.25, 0.3) is 5.91 Å². The number of aromatic nitrogens is 1. The minimum Gasteiger partial charge on any atom is -0.497 e. The van der Waals surface area contributed by atoms with E-state index < -0.39 is 0 Å². The van der Waals surface area contributed by atoms with Gasteiger partial charge in [-0.3, -0.25) is 4.79 Å². The Kier molecular flexibility index (Phi) is 7.01. The van der Waals surface area contributed by atoms with Crippen LogP contribution < -0.4 is 14.2 Å². The maximum atomic E-state index is 13.3. The lowest BCUT2D eigenvalue weighted by atomic mass is 10.1. The number of benzene rings is 2. The van der Waals surface area contributed by atoms with Crippen LogP contribution in [0.2, 0.25) is 0 Å². The minimum atomic E-state index is -0.0319. The van der Waals surface area contributed by atoms with E-state index in [-0.39, 0.29) is 5.91 Å². The van der Waals surface area contributed by atoms with E-state index in [1.807, 2.05) is 71.2 Å². The van der Waals surface area contributed by atoms with Crippen molar-refractivity contribution in [1.29, 1.82) is 0 Å². The minimum absolute atomic E-state index is 0.0319. The summed E-state index contributed by atoms with van der Waals surface area (Å²) in [6, 6.07) is 17.1. The molecule has 6 heteroatoms. The summed E-state index contributed by atoms with van der Waals surface area (Å²) in [7, 11) is 6.82. The molecule has 1 amide bonds. The van der Waals surface area contributed by atoms with Gasteiger partial charge in [0.2, 0.25) is 0 Å². The molecule has 0 saturated heterocycles. The van der Waals surface area contributed by atoms with E-state index in [1.54, 1.807) is 27.4 Å². The Labute approximate surface area is 177 Å². The monoisotopic (exact) mass is 408 g/mol. The molecule has 30 heavy (non-hydrogen) atoms. The summed E-state index contributed by atoms with van der Waals surface area (Å²) in [5, 5.41) is 0. The van der Waals surface area contributed by atoms with E-state index >= 15 is 0 Å². The standard InChI is InChI=1S/C24H28N2O4/c1-25-13-6-8-20(25)17-26(24(27)19-7-5-9-21(16-19)28-2)14-12-18-10-11-22(29-3)23(15-18)30-4/h5-11,13,15-16H,12,14,17H2,1-4H3. The Morgan fingerprint density at radius 1 is 0.933 bits per heavy atom.